The summed E-state index contributed by atoms with van der Waals surface area (Å²) in [6, 6.07) is 4.34. The molecule has 0 spiro atoms. The lowest BCUT2D eigenvalue weighted by molar-refractivity contribution is -0.159. The third-order valence-electron chi connectivity index (χ3n) is 5.93. The van der Waals surface area contributed by atoms with E-state index in [9.17, 15) is 23.2 Å². The average Bonchev–Trinajstić information content (AvgIpc) is 2.85. The van der Waals surface area contributed by atoms with Crippen molar-refractivity contribution in [1.29, 1.82) is 0 Å². The lowest BCUT2D eigenvalue weighted by Crippen LogP contribution is -2.40. The normalized spacial score (nSPS) is 13.4. The minimum atomic E-state index is -0.888. The summed E-state index contributed by atoms with van der Waals surface area (Å²) in [5.41, 5.74) is -0.151. The molecule has 0 unspecified atom stereocenters. The SMILES string of the molecule is CCC(CC)[C@H](Oc1cc(F)ccc1F)[C@H](C)OC(=O)[C@H](C)CC(=O)c1nccc(OC)c1OC(C)=O. The van der Waals surface area contributed by atoms with Crippen LogP contribution in [-0.2, 0) is 14.3 Å². The van der Waals surface area contributed by atoms with Gasteiger partial charge in [0.15, 0.2) is 28.8 Å². The molecular formula is C27H33F2NO7. The Morgan fingerprint density at radius 3 is 2.30 bits per heavy atom. The number of ether oxygens (including phenoxy) is 4. The molecule has 0 amide bonds. The summed E-state index contributed by atoms with van der Waals surface area (Å²) in [5, 5.41) is 0. The second kappa shape index (κ2) is 13.7. The fraction of sp³-hybridized carbons (Fsp3) is 0.481. The van der Waals surface area contributed by atoms with Gasteiger partial charge in [-0.3, -0.25) is 14.4 Å². The van der Waals surface area contributed by atoms with Crippen molar-refractivity contribution in [2.24, 2.45) is 11.8 Å². The Morgan fingerprint density at radius 2 is 1.70 bits per heavy atom. The standard InChI is InChI=1S/C27H33F2NO7/c1-7-18(8-2)25(37-23-14-19(28)9-10-20(23)29)16(4)35-27(33)15(3)13-21(32)24-26(36-17(5)31)22(34-6)11-12-30-24/h9-12,14-16,18,25H,7-8,13H2,1-6H3/t15-,16+,25-/m1/s1. The molecule has 202 valence electrons. The van der Waals surface area contributed by atoms with Crippen molar-refractivity contribution in [2.45, 2.75) is 66.1 Å². The minimum Gasteiger partial charge on any atom is -0.493 e. The number of hydrogen-bond acceptors (Lipinski definition) is 8. The Bertz CT molecular complexity index is 1100. The second-order valence-corrected chi connectivity index (χ2v) is 8.69. The fourth-order valence-corrected chi connectivity index (χ4v) is 3.90. The van der Waals surface area contributed by atoms with Crippen molar-refractivity contribution in [1.82, 2.24) is 4.98 Å². The van der Waals surface area contributed by atoms with Crippen LogP contribution in [0.5, 0.6) is 17.2 Å². The van der Waals surface area contributed by atoms with Crippen LogP contribution in [0.4, 0.5) is 8.78 Å². The van der Waals surface area contributed by atoms with Gasteiger partial charge in [0.2, 0.25) is 5.75 Å². The second-order valence-electron chi connectivity index (χ2n) is 8.69. The number of esters is 2. The van der Waals surface area contributed by atoms with Gasteiger partial charge in [0, 0.05) is 31.7 Å². The van der Waals surface area contributed by atoms with Gasteiger partial charge in [0.05, 0.1) is 13.0 Å². The summed E-state index contributed by atoms with van der Waals surface area (Å²) in [7, 11) is 1.35. The molecule has 0 saturated heterocycles. The van der Waals surface area contributed by atoms with E-state index in [1.807, 2.05) is 13.8 Å². The number of pyridine rings is 1. The third-order valence-corrected chi connectivity index (χ3v) is 5.93. The van der Waals surface area contributed by atoms with E-state index in [2.05, 4.69) is 4.98 Å². The lowest BCUT2D eigenvalue weighted by Gasteiger charge is -2.31. The maximum atomic E-state index is 14.2. The highest BCUT2D eigenvalue weighted by Gasteiger charge is 2.32. The number of carbonyl (C=O) groups is 3. The molecule has 0 fully saturated rings. The van der Waals surface area contributed by atoms with Crippen LogP contribution < -0.4 is 14.2 Å². The zero-order valence-electron chi connectivity index (χ0n) is 21.9. The Kier molecular flexibility index (Phi) is 11.0. The van der Waals surface area contributed by atoms with Crippen LogP contribution in [0.15, 0.2) is 30.5 Å². The van der Waals surface area contributed by atoms with Crippen LogP contribution in [0, 0.1) is 23.5 Å². The van der Waals surface area contributed by atoms with Gasteiger partial charge in [-0.15, -0.1) is 0 Å². The molecule has 0 radical (unpaired) electrons. The first-order valence-corrected chi connectivity index (χ1v) is 12.1. The van der Waals surface area contributed by atoms with E-state index in [4.69, 9.17) is 18.9 Å². The number of ketones is 1. The molecule has 2 aromatic rings. The first-order chi connectivity index (χ1) is 17.5. The number of carbonyl (C=O) groups excluding carboxylic acids is 3. The summed E-state index contributed by atoms with van der Waals surface area (Å²) in [5.74, 6) is -4.55. The highest BCUT2D eigenvalue weighted by Crippen LogP contribution is 2.32. The van der Waals surface area contributed by atoms with Gasteiger partial charge in [0.25, 0.3) is 0 Å². The van der Waals surface area contributed by atoms with Crippen LogP contribution in [0.2, 0.25) is 0 Å². The van der Waals surface area contributed by atoms with Crippen molar-refractivity contribution in [3.8, 4) is 17.2 Å². The molecule has 10 heteroatoms. The van der Waals surface area contributed by atoms with Crippen molar-refractivity contribution < 1.29 is 42.1 Å². The van der Waals surface area contributed by atoms with Gasteiger partial charge in [-0.2, -0.15) is 0 Å². The Balaban J connectivity index is 2.18. The molecule has 0 saturated carbocycles. The highest BCUT2D eigenvalue weighted by molar-refractivity contribution is 5.99. The first-order valence-electron chi connectivity index (χ1n) is 12.1. The van der Waals surface area contributed by atoms with Gasteiger partial charge in [-0.1, -0.05) is 20.8 Å². The van der Waals surface area contributed by atoms with Crippen LogP contribution >= 0.6 is 0 Å². The molecule has 0 bridgehead atoms. The number of Topliss-reactive ketones (excluding diaryl/α,β-unsaturated/α-hetero) is 1. The van der Waals surface area contributed by atoms with E-state index in [1.165, 1.54) is 33.2 Å². The zero-order valence-corrected chi connectivity index (χ0v) is 21.9. The molecule has 1 aromatic heterocycles. The van der Waals surface area contributed by atoms with Crippen molar-refractivity contribution in [2.75, 3.05) is 7.11 Å². The maximum absolute atomic E-state index is 14.2. The molecule has 1 heterocycles. The van der Waals surface area contributed by atoms with E-state index in [0.717, 1.165) is 18.2 Å². The fourth-order valence-electron chi connectivity index (χ4n) is 3.90. The number of benzene rings is 1. The Hall–Kier alpha value is -3.56. The van der Waals surface area contributed by atoms with Crippen LogP contribution in [0.3, 0.4) is 0 Å². The van der Waals surface area contributed by atoms with E-state index in [-0.39, 0.29) is 35.3 Å². The van der Waals surface area contributed by atoms with Gasteiger partial charge >= 0.3 is 11.9 Å². The molecule has 0 aliphatic rings. The molecule has 0 aliphatic carbocycles. The summed E-state index contributed by atoms with van der Waals surface area (Å²) in [6.07, 6.45) is 0.753. The van der Waals surface area contributed by atoms with E-state index >= 15 is 0 Å². The van der Waals surface area contributed by atoms with E-state index in [1.54, 1.807) is 6.92 Å². The summed E-state index contributed by atoms with van der Waals surface area (Å²) in [6.45, 7) is 8.14. The van der Waals surface area contributed by atoms with Gasteiger partial charge in [0.1, 0.15) is 18.0 Å². The first kappa shape index (κ1) is 29.7. The number of halogens is 2. The van der Waals surface area contributed by atoms with Crippen molar-refractivity contribution in [3.63, 3.8) is 0 Å². The average molecular weight is 522 g/mol. The lowest BCUT2D eigenvalue weighted by atomic mass is 9.92. The Labute approximate surface area is 215 Å². The van der Waals surface area contributed by atoms with E-state index in [0.29, 0.717) is 12.8 Å². The van der Waals surface area contributed by atoms with E-state index < -0.39 is 47.5 Å². The van der Waals surface area contributed by atoms with Gasteiger partial charge in [-0.05, 0) is 37.8 Å². The number of methoxy groups -OCH3 is 1. The Morgan fingerprint density at radius 1 is 1.03 bits per heavy atom. The topological polar surface area (TPSA) is 101 Å². The molecule has 37 heavy (non-hydrogen) atoms. The largest absolute Gasteiger partial charge is 0.493 e. The number of rotatable bonds is 13. The molecule has 0 aliphatic heterocycles. The number of hydrogen-bond donors (Lipinski definition) is 0. The highest BCUT2D eigenvalue weighted by atomic mass is 19.1. The third kappa shape index (κ3) is 7.96. The van der Waals surface area contributed by atoms with Crippen LogP contribution in [0.25, 0.3) is 0 Å². The number of nitrogens with zero attached hydrogens (tertiary/aromatic N) is 1. The molecule has 2 rings (SSSR count). The zero-order chi connectivity index (χ0) is 27.7. The molecule has 3 atom stereocenters. The summed E-state index contributed by atoms with van der Waals surface area (Å²) >= 11 is 0. The summed E-state index contributed by atoms with van der Waals surface area (Å²) in [4.78, 5) is 41.3. The molecule has 1 aromatic carbocycles. The molecular weight excluding hydrogens is 488 g/mol. The number of aromatic nitrogens is 1. The predicted octanol–water partition coefficient (Wildman–Crippen LogP) is 5.32. The quantitative estimate of drug-likeness (QED) is 0.258. The maximum Gasteiger partial charge on any atom is 0.309 e. The van der Waals surface area contributed by atoms with Crippen LogP contribution in [0.1, 0.15) is 64.4 Å². The summed E-state index contributed by atoms with van der Waals surface area (Å²) < 4.78 is 49.6. The van der Waals surface area contributed by atoms with Gasteiger partial charge < -0.3 is 18.9 Å². The minimum absolute atomic E-state index is 0.116. The van der Waals surface area contributed by atoms with Crippen molar-refractivity contribution in [3.05, 3.63) is 47.8 Å². The smallest absolute Gasteiger partial charge is 0.309 e. The molecule has 8 nitrogen and oxygen atoms in total. The van der Waals surface area contributed by atoms with Crippen LogP contribution in [-0.4, -0.2) is 42.0 Å². The van der Waals surface area contributed by atoms with Gasteiger partial charge in [-0.25, -0.2) is 13.8 Å². The van der Waals surface area contributed by atoms with Crippen molar-refractivity contribution >= 4 is 17.7 Å². The monoisotopic (exact) mass is 521 g/mol. The predicted molar refractivity (Wildman–Crippen MR) is 131 cm³/mol. The molecule has 0 N–H and O–H groups in total.